The summed E-state index contributed by atoms with van der Waals surface area (Å²) in [4.78, 5) is 17.7. The van der Waals surface area contributed by atoms with Crippen LogP contribution >= 0.6 is 12.2 Å². The molecule has 4 aromatic rings. The molecular weight excluding hydrogens is 425 g/mol. The third-order valence-electron chi connectivity index (χ3n) is 5.09. The lowest BCUT2D eigenvalue weighted by molar-refractivity contribution is 0.411. The summed E-state index contributed by atoms with van der Waals surface area (Å²) in [5.74, 6) is 0.359. The van der Waals surface area contributed by atoms with Gasteiger partial charge in [-0.25, -0.2) is 4.39 Å². The third-order valence-corrected chi connectivity index (χ3v) is 5.45. The molecule has 0 aliphatic carbocycles. The van der Waals surface area contributed by atoms with Crippen LogP contribution in [0, 0.1) is 5.82 Å². The molecule has 0 radical (unpaired) electrons. The van der Waals surface area contributed by atoms with Crippen molar-refractivity contribution in [1.82, 2.24) is 9.88 Å². The Balaban J connectivity index is 1.63. The van der Waals surface area contributed by atoms with E-state index in [9.17, 15) is 9.18 Å². The van der Waals surface area contributed by atoms with Crippen molar-refractivity contribution in [2.75, 3.05) is 12.4 Å². The Kier molecular flexibility index (Phi) is 6.47. The summed E-state index contributed by atoms with van der Waals surface area (Å²) in [6.07, 6.45) is 0. The van der Waals surface area contributed by atoms with E-state index in [0.29, 0.717) is 40.7 Å². The van der Waals surface area contributed by atoms with Crippen LogP contribution in [-0.2, 0) is 13.1 Å². The van der Waals surface area contributed by atoms with E-state index in [-0.39, 0.29) is 11.4 Å². The van der Waals surface area contributed by atoms with Gasteiger partial charge in [0.05, 0.1) is 19.2 Å². The molecule has 0 fully saturated rings. The summed E-state index contributed by atoms with van der Waals surface area (Å²) in [6.45, 7) is 0.813. The van der Waals surface area contributed by atoms with E-state index in [4.69, 9.17) is 17.0 Å². The van der Waals surface area contributed by atoms with Crippen LogP contribution in [0.4, 0.5) is 10.1 Å². The molecule has 162 valence electrons. The van der Waals surface area contributed by atoms with Crippen molar-refractivity contribution in [3.05, 3.63) is 106 Å². The smallest absolute Gasteiger partial charge is 0.253 e. The van der Waals surface area contributed by atoms with Gasteiger partial charge in [-0.2, -0.15) is 0 Å². The molecule has 32 heavy (non-hydrogen) atoms. The van der Waals surface area contributed by atoms with E-state index in [0.717, 1.165) is 10.9 Å². The molecule has 0 saturated heterocycles. The zero-order valence-electron chi connectivity index (χ0n) is 17.5. The van der Waals surface area contributed by atoms with E-state index in [1.54, 1.807) is 25.3 Å². The fourth-order valence-electron chi connectivity index (χ4n) is 3.41. The molecule has 0 spiro atoms. The standard InChI is InChI=1S/C25H22FN3O2S/c1-31-22-12-7-18-13-19(24(30)28-23(18)14-22)16-29(15-17-5-3-2-4-6-17)25(32)27-21-10-8-20(26)9-11-21/h2-14H,15-16H2,1H3,(H,27,32)(H,28,30). The Morgan fingerprint density at radius 2 is 1.78 bits per heavy atom. The lowest BCUT2D eigenvalue weighted by Crippen LogP contribution is -2.35. The van der Waals surface area contributed by atoms with Crippen molar-refractivity contribution < 1.29 is 9.13 Å². The summed E-state index contributed by atoms with van der Waals surface area (Å²) in [6, 6.07) is 23.3. The van der Waals surface area contributed by atoms with Crippen LogP contribution in [0.15, 0.2) is 83.7 Å². The molecule has 0 bridgehead atoms. The number of anilines is 1. The van der Waals surface area contributed by atoms with E-state index in [1.807, 2.05) is 53.4 Å². The van der Waals surface area contributed by atoms with E-state index in [2.05, 4.69) is 10.3 Å². The number of hydrogen-bond acceptors (Lipinski definition) is 3. The molecule has 0 aliphatic rings. The number of H-pyrrole nitrogens is 1. The fraction of sp³-hybridized carbons (Fsp3) is 0.120. The van der Waals surface area contributed by atoms with Gasteiger partial charge in [0.2, 0.25) is 0 Å². The summed E-state index contributed by atoms with van der Waals surface area (Å²) >= 11 is 5.65. The highest BCUT2D eigenvalue weighted by Gasteiger charge is 2.15. The minimum atomic E-state index is -0.318. The van der Waals surface area contributed by atoms with Crippen molar-refractivity contribution in [3.63, 3.8) is 0 Å². The lowest BCUT2D eigenvalue weighted by Gasteiger charge is -2.26. The van der Waals surface area contributed by atoms with Gasteiger partial charge in [0.25, 0.3) is 5.56 Å². The summed E-state index contributed by atoms with van der Waals surface area (Å²) < 4.78 is 18.5. The third kappa shape index (κ3) is 5.12. The van der Waals surface area contributed by atoms with Crippen LogP contribution in [0.25, 0.3) is 10.9 Å². The first kappa shape index (κ1) is 21.5. The minimum Gasteiger partial charge on any atom is -0.497 e. The van der Waals surface area contributed by atoms with Crippen LogP contribution in [0.2, 0.25) is 0 Å². The number of halogens is 1. The second-order valence-electron chi connectivity index (χ2n) is 7.36. The van der Waals surface area contributed by atoms with Gasteiger partial charge >= 0.3 is 0 Å². The summed E-state index contributed by atoms with van der Waals surface area (Å²) in [5.41, 5.74) is 2.83. The van der Waals surface area contributed by atoms with Crippen molar-refractivity contribution in [2.45, 2.75) is 13.1 Å². The molecule has 7 heteroatoms. The Hall–Kier alpha value is -3.71. The first-order valence-electron chi connectivity index (χ1n) is 10.1. The van der Waals surface area contributed by atoms with E-state index >= 15 is 0 Å². The first-order chi connectivity index (χ1) is 15.5. The van der Waals surface area contributed by atoms with Gasteiger partial charge in [-0.3, -0.25) is 4.79 Å². The van der Waals surface area contributed by atoms with Crippen LogP contribution in [0.3, 0.4) is 0 Å². The molecule has 2 N–H and O–H groups in total. The maximum Gasteiger partial charge on any atom is 0.253 e. The highest BCUT2D eigenvalue weighted by molar-refractivity contribution is 7.80. The predicted octanol–water partition coefficient (Wildman–Crippen LogP) is 5.08. The van der Waals surface area contributed by atoms with Gasteiger partial charge in [-0.05, 0) is 65.6 Å². The van der Waals surface area contributed by atoms with Crippen LogP contribution in [0.1, 0.15) is 11.1 Å². The van der Waals surface area contributed by atoms with E-state index in [1.165, 1.54) is 12.1 Å². The highest BCUT2D eigenvalue weighted by Crippen LogP contribution is 2.20. The monoisotopic (exact) mass is 447 g/mol. The molecule has 4 rings (SSSR count). The van der Waals surface area contributed by atoms with Crippen LogP contribution in [0.5, 0.6) is 5.75 Å². The molecule has 0 amide bonds. The molecule has 1 aromatic heterocycles. The van der Waals surface area contributed by atoms with Crippen LogP contribution in [-0.4, -0.2) is 22.1 Å². The Bertz CT molecular complexity index is 1290. The number of pyridine rings is 1. The molecule has 5 nitrogen and oxygen atoms in total. The Morgan fingerprint density at radius 3 is 2.50 bits per heavy atom. The zero-order valence-corrected chi connectivity index (χ0v) is 18.3. The maximum atomic E-state index is 13.3. The van der Waals surface area contributed by atoms with Gasteiger partial charge in [0, 0.05) is 23.9 Å². The minimum absolute atomic E-state index is 0.187. The van der Waals surface area contributed by atoms with Crippen LogP contribution < -0.4 is 15.6 Å². The van der Waals surface area contributed by atoms with Crippen molar-refractivity contribution >= 4 is 33.9 Å². The number of thiocarbonyl (C=S) groups is 1. The number of rotatable bonds is 6. The molecule has 0 atom stereocenters. The molecule has 0 aliphatic heterocycles. The SMILES string of the molecule is COc1ccc2cc(CN(Cc3ccccc3)C(=S)Nc3ccc(F)cc3)c(=O)[nH]c2c1. The normalized spacial score (nSPS) is 10.7. The number of fused-ring (bicyclic) bond motifs is 1. The maximum absolute atomic E-state index is 13.3. The second-order valence-corrected chi connectivity index (χ2v) is 7.74. The molecular formula is C25H22FN3O2S. The Labute approximate surface area is 190 Å². The quantitative estimate of drug-likeness (QED) is 0.404. The topological polar surface area (TPSA) is 57.4 Å². The largest absolute Gasteiger partial charge is 0.497 e. The number of nitrogens with zero attached hydrogens (tertiary/aromatic N) is 1. The zero-order chi connectivity index (χ0) is 22.5. The van der Waals surface area contributed by atoms with Gasteiger partial charge in [-0.15, -0.1) is 0 Å². The lowest BCUT2D eigenvalue weighted by atomic mass is 10.1. The summed E-state index contributed by atoms with van der Waals surface area (Å²) in [7, 11) is 1.59. The average molecular weight is 448 g/mol. The first-order valence-corrected chi connectivity index (χ1v) is 10.5. The van der Waals surface area contributed by atoms with Gasteiger partial charge in [0.1, 0.15) is 11.6 Å². The number of hydrogen-bond donors (Lipinski definition) is 2. The highest BCUT2D eigenvalue weighted by atomic mass is 32.1. The van der Waals surface area contributed by atoms with Gasteiger partial charge in [-0.1, -0.05) is 30.3 Å². The number of aromatic amines is 1. The summed E-state index contributed by atoms with van der Waals surface area (Å²) in [5, 5.41) is 4.48. The van der Waals surface area contributed by atoms with Gasteiger partial charge in [0.15, 0.2) is 5.11 Å². The molecule has 0 saturated carbocycles. The predicted molar refractivity (Wildman–Crippen MR) is 129 cm³/mol. The number of methoxy groups -OCH3 is 1. The number of nitrogens with one attached hydrogen (secondary N) is 2. The average Bonchev–Trinajstić information content (AvgIpc) is 2.81. The number of benzene rings is 3. The van der Waals surface area contributed by atoms with E-state index < -0.39 is 0 Å². The second kappa shape index (κ2) is 9.62. The molecule has 3 aromatic carbocycles. The fourth-order valence-corrected chi connectivity index (χ4v) is 3.66. The molecule has 1 heterocycles. The van der Waals surface area contributed by atoms with Crippen molar-refractivity contribution in [3.8, 4) is 5.75 Å². The molecule has 0 unspecified atom stereocenters. The van der Waals surface area contributed by atoms with Crippen molar-refractivity contribution in [2.24, 2.45) is 0 Å². The van der Waals surface area contributed by atoms with Gasteiger partial charge < -0.3 is 19.9 Å². The van der Waals surface area contributed by atoms with Crippen molar-refractivity contribution in [1.29, 1.82) is 0 Å². The Morgan fingerprint density at radius 1 is 1.03 bits per heavy atom. The number of ether oxygens (including phenoxy) is 1. The number of aromatic nitrogens is 1.